The number of nitrogens with one attached hydrogen (secondary N) is 3. The lowest BCUT2D eigenvalue weighted by atomic mass is 10.1. The van der Waals surface area contributed by atoms with Crippen molar-refractivity contribution in [2.75, 3.05) is 35.2 Å². The molecule has 4 rings (SSSR count). The number of hydrogen-bond donors (Lipinski definition) is 3. The maximum absolute atomic E-state index is 13.4. The summed E-state index contributed by atoms with van der Waals surface area (Å²) in [7, 11) is 0. The number of nitrogens with zero attached hydrogens (tertiary/aromatic N) is 3. The summed E-state index contributed by atoms with van der Waals surface area (Å²) >= 11 is 6.24. The molecule has 182 valence electrons. The van der Waals surface area contributed by atoms with Crippen molar-refractivity contribution in [3.63, 3.8) is 0 Å². The Kier molecular flexibility index (Phi) is 6.39. The van der Waals surface area contributed by atoms with E-state index < -0.39 is 24.7 Å². The van der Waals surface area contributed by atoms with E-state index in [0.717, 1.165) is 0 Å². The highest BCUT2D eigenvalue weighted by atomic mass is 35.5. The summed E-state index contributed by atoms with van der Waals surface area (Å²) in [6.07, 6.45) is -2.35. The molecule has 3 aromatic heterocycles. The molecule has 0 bridgehead atoms. The summed E-state index contributed by atoms with van der Waals surface area (Å²) in [5.41, 5.74) is 1.12. The number of alkyl halides is 5. The number of pyridine rings is 2. The molecule has 0 saturated carbocycles. The fourth-order valence-corrected chi connectivity index (χ4v) is 3.66. The molecule has 1 fully saturated rings. The smallest absolute Gasteiger partial charge is 0.422 e. The number of urea groups is 1. The molecule has 2 amide bonds. The third-order valence-corrected chi connectivity index (χ3v) is 5.28. The van der Waals surface area contributed by atoms with Gasteiger partial charge in [-0.2, -0.15) is 13.2 Å². The van der Waals surface area contributed by atoms with Gasteiger partial charge in [0.2, 0.25) is 5.88 Å². The van der Waals surface area contributed by atoms with Crippen molar-refractivity contribution in [3.8, 4) is 5.88 Å². The first-order valence-electron chi connectivity index (χ1n) is 10.0. The molecule has 1 aliphatic heterocycles. The van der Waals surface area contributed by atoms with Crippen LogP contribution in [0.3, 0.4) is 0 Å². The van der Waals surface area contributed by atoms with Gasteiger partial charge in [0.05, 0.1) is 28.1 Å². The van der Waals surface area contributed by atoms with Gasteiger partial charge in [-0.3, -0.25) is 0 Å². The molecule has 0 aliphatic carbocycles. The molecule has 3 N–H and O–H groups in total. The van der Waals surface area contributed by atoms with E-state index in [2.05, 4.69) is 30.3 Å². The molecule has 34 heavy (non-hydrogen) atoms. The highest BCUT2D eigenvalue weighted by molar-refractivity contribution is 6.33. The van der Waals surface area contributed by atoms with E-state index in [0.29, 0.717) is 11.3 Å². The lowest BCUT2D eigenvalue weighted by Crippen LogP contribution is -2.39. The number of hydrogen-bond acceptors (Lipinski definition) is 5. The monoisotopic (exact) mass is 504 g/mol. The number of H-pyrrole nitrogens is 1. The summed E-state index contributed by atoms with van der Waals surface area (Å²) in [4.78, 5) is 25.1. The lowest BCUT2D eigenvalue weighted by molar-refractivity contribution is -0.154. The average molecular weight is 505 g/mol. The topological polar surface area (TPSA) is 95.2 Å². The van der Waals surface area contributed by atoms with Crippen molar-refractivity contribution in [1.82, 2.24) is 15.0 Å². The van der Waals surface area contributed by atoms with Crippen LogP contribution in [0.2, 0.25) is 5.02 Å². The Hall–Kier alpha value is -3.35. The highest BCUT2D eigenvalue weighted by Gasteiger charge is 2.35. The van der Waals surface area contributed by atoms with Crippen LogP contribution in [0.5, 0.6) is 5.88 Å². The van der Waals surface area contributed by atoms with Crippen molar-refractivity contribution >= 4 is 45.9 Å². The number of rotatable bonds is 5. The highest BCUT2D eigenvalue weighted by Crippen LogP contribution is 2.33. The Balaban J connectivity index is 1.41. The Labute approximate surface area is 194 Å². The van der Waals surface area contributed by atoms with Gasteiger partial charge < -0.3 is 25.3 Å². The van der Waals surface area contributed by atoms with E-state index in [-0.39, 0.29) is 53.7 Å². The molecule has 0 unspecified atom stereocenters. The Morgan fingerprint density at radius 2 is 1.97 bits per heavy atom. The van der Waals surface area contributed by atoms with E-state index in [1.807, 2.05) is 0 Å². The molecular weight excluding hydrogens is 487 g/mol. The zero-order valence-electron chi connectivity index (χ0n) is 17.3. The number of aromatic amines is 1. The number of piperidine rings is 1. The number of amides is 2. The second kappa shape index (κ2) is 9.12. The van der Waals surface area contributed by atoms with Crippen molar-refractivity contribution < 1.29 is 31.5 Å². The van der Waals surface area contributed by atoms with Crippen LogP contribution in [-0.4, -0.2) is 52.8 Å². The van der Waals surface area contributed by atoms with Crippen LogP contribution < -0.4 is 20.3 Å². The standard InChI is InChI=1S/C20H18ClF5N6O2/c21-12-7-11(8-28-17(12)32-5-3-19(22,23)4-6-32)29-18(33)30-14-9-27-13-1-2-15(31-16(13)14)34-10-20(24,25)26/h1-2,7-9,27H,3-6,10H2,(H2,29,30,33). The van der Waals surface area contributed by atoms with Crippen LogP contribution in [-0.2, 0) is 0 Å². The van der Waals surface area contributed by atoms with E-state index in [4.69, 9.17) is 11.6 Å². The van der Waals surface area contributed by atoms with Gasteiger partial charge in [-0.15, -0.1) is 0 Å². The zero-order chi connectivity index (χ0) is 24.5. The number of carbonyl (C=O) groups excluding carboxylic acids is 1. The molecule has 0 spiro atoms. The molecule has 14 heteroatoms. The quantitative estimate of drug-likeness (QED) is 0.403. The van der Waals surface area contributed by atoms with Gasteiger partial charge >= 0.3 is 12.2 Å². The largest absolute Gasteiger partial charge is 0.468 e. The van der Waals surface area contributed by atoms with Crippen molar-refractivity contribution in [2.24, 2.45) is 0 Å². The molecule has 1 saturated heterocycles. The van der Waals surface area contributed by atoms with Crippen LogP contribution in [0, 0.1) is 0 Å². The number of aromatic nitrogens is 3. The lowest BCUT2D eigenvalue weighted by Gasteiger charge is -2.33. The van der Waals surface area contributed by atoms with Crippen molar-refractivity contribution in [1.29, 1.82) is 0 Å². The number of ether oxygens (including phenoxy) is 1. The minimum Gasteiger partial charge on any atom is -0.468 e. The summed E-state index contributed by atoms with van der Waals surface area (Å²) in [5.74, 6) is -2.62. The SMILES string of the molecule is O=C(Nc1cnc(N2CCC(F)(F)CC2)c(Cl)c1)Nc1c[nH]c2ccc(OCC(F)(F)F)nc12. The summed E-state index contributed by atoms with van der Waals surface area (Å²) in [6, 6.07) is 3.49. The molecule has 4 heterocycles. The summed E-state index contributed by atoms with van der Waals surface area (Å²) in [6.45, 7) is -1.28. The van der Waals surface area contributed by atoms with Crippen LogP contribution in [0.1, 0.15) is 12.8 Å². The summed E-state index contributed by atoms with van der Waals surface area (Å²) < 4.78 is 68.5. The Bertz CT molecular complexity index is 1190. The normalized spacial score (nSPS) is 15.9. The molecule has 3 aromatic rings. The number of fused-ring (bicyclic) bond motifs is 1. The van der Waals surface area contributed by atoms with Gasteiger partial charge in [0, 0.05) is 38.2 Å². The van der Waals surface area contributed by atoms with Crippen LogP contribution in [0.25, 0.3) is 11.0 Å². The molecule has 0 aromatic carbocycles. The van der Waals surface area contributed by atoms with E-state index >= 15 is 0 Å². The van der Waals surface area contributed by atoms with Crippen LogP contribution in [0.15, 0.2) is 30.6 Å². The van der Waals surface area contributed by atoms with Crippen LogP contribution >= 0.6 is 11.6 Å². The number of carbonyl (C=O) groups is 1. The molecule has 1 aliphatic rings. The van der Waals surface area contributed by atoms with Gasteiger partial charge in [0.25, 0.3) is 5.92 Å². The third kappa shape index (κ3) is 5.76. The maximum Gasteiger partial charge on any atom is 0.422 e. The van der Waals surface area contributed by atoms with Gasteiger partial charge in [-0.1, -0.05) is 11.6 Å². The van der Waals surface area contributed by atoms with E-state index in [1.165, 1.54) is 30.6 Å². The van der Waals surface area contributed by atoms with Gasteiger partial charge in [-0.25, -0.2) is 23.5 Å². The first-order chi connectivity index (χ1) is 16.0. The van der Waals surface area contributed by atoms with Crippen molar-refractivity contribution in [2.45, 2.75) is 24.9 Å². The van der Waals surface area contributed by atoms with Gasteiger partial charge in [0.15, 0.2) is 6.61 Å². The first-order valence-corrected chi connectivity index (χ1v) is 10.4. The molecule has 0 radical (unpaired) electrons. The maximum atomic E-state index is 13.4. The van der Waals surface area contributed by atoms with E-state index in [1.54, 1.807) is 4.90 Å². The van der Waals surface area contributed by atoms with Crippen LogP contribution in [0.4, 0.5) is 43.9 Å². The average Bonchev–Trinajstić information content (AvgIpc) is 3.14. The minimum absolute atomic E-state index is 0.106. The first kappa shape index (κ1) is 23.8. The molecule has 0 atom stereocenters. The Morgan fingerprint density at radius 3 is 2.65 bits per heavy atom. The van der Waals surface area contributed by atoms with Crippen molar-refractivity contribution in [3.05, 3.63) is 35.6 Å². The zero-order valence-corrected chi connectivity index (χ0v) is 18.1. The number of anilines is 3. The fraction of sp³-hybridized carbons (Fsp3) is 0.350. The molecule has 8 nitrogen and oxygen atoms in total. The second-order valence-corrected chi connectivity index (χ2v) is 8.01. The predicted molar refractivity (Wildman–Crippen MR) is 116 cm³/mol. The number of halogens is 6. The van der Waals surface area contributed by atoms with E-state index in [9.17, 15) is 26.7 Å². The third-order valence-electron chi connectivity index (χ3n) is 5.00. The minimum atomic E-state index is -4.51. The Morgan fingerprint density at radius 1 is 1.24 bits per heavy atom. The summed E-state index contributed by atoms with van der Waals surface area (Å²) in [5, 5.41) is 5.25. The van der Waals surface area contributed by atoms with Gasteiger partial charge in [0.1, 0.15) is 11.3 Å². The predicted octanol–water partition coefficient (Wildman–Crippen LogP) is 5.43. The van der Waals surface area contributed by atoms with Gasteiger partial charge in [-0.05, 0) is 12.1 Å². The fourth-order valence-electron chi connectivity index (χ4n) is 3.37. The second-order valence-electron chi connectivity index (χ2n) is 7.60. The molecular formula is C20H18ClF5N6O2.